The predicted octanol–water partition coefficient (Wildman–Crippen LogP) is 5.53. The van der Waals surface area contributed by atoms with Gasteiger partial charge in [-0.1, -0.05) is 41.6 Å². The Labute approximate surface area is 200 Å². The normalized spacial score (nSPS) is 10.7. The zero-order valence-corrected chi connectivity index (χ0v) is 19.4. The van der Waals surface area contributed by atoms with Gasteiger partial charge in [0.05, 0.1) is 24.5 Å². The third-order valence-electron chi connectivity index (χ3n) is 4.92. The average Bonchev–Trinajstić information content (AvgIpc) is 3.50. The monoisotopic (exact) mass is 477 g/mol. The van der Waals surface area contributed by atoms with E-state index in [4.69, 9.17) is 21.3 Å². The number of benzene rings is 2. The van der Waals surface area contributed by atoms with Gasteiger partial charge in [-0.15, -0.1) is 10.2 Å². The molecule has 0 unspecified atom stereocenters. The van der Waals surface area contributed by atoms with E-state index in [1.54, 1.807) is 29.4 Å². The van der Waals surface area contributed by atoms with E-state index in [0.29, 0.717) is 34.0 Å². The molecule has 1 amide bonds. The van der Waals surface area contributed by atoms with E-state index in [1.165, 1.54) is 11.8 Å². The van der Waals surface area contributed by atoms with Gasteiger partial charge in [0.1, 0.15) is 0 Å². The lowest BCUT2D eigenvalue weighted by Crippen LogP contribution is -2.33. The van der Waals surface area contributed by atoms with Crippen molar-refractivity contribution in [2.24, 2.45) is 0 Å². The maximum atomic E-state index is 13.2. The molecule has 0 aliphatic heterocycles. The van der Waals surface area contributed by atoms with Crippen LogP contribution in [0.2, 0.25) is 5.02 Å². The standard InChI is InChI=1S/C24H20ClN5O2S/c1-17-15-19(10-11-20(17)25)29(13-6-12-26)22(31)16-33-24-28-27-23(21-9-5-14-32-21)30(24)18-7-3-2-4-8-18/h2-5,7-11,14-15H,6,13,16H2,1H3. The molecule has 4 rings (SSSR count). The van der Waals surface area contributed by atoms with E-state index in [0.717, 1.165) is 11.3 Å². The molecule has 0 aliphatic rings. The zero-order chi connectivity index (χ0) is 23.2. The van der Waals surface area contributed by atoms with Crippen molar-refractivity contribution in [2.45, 2.75) is 18.5 Å². The van der Waals surface area contributed by atoms with E-state index in [9.17, 15) is 4.79 Å². The molecular weight excluding hydrogens is 458 g/mol. The lowest BCUT2D eigenvalue weighted by molar-refractivity contribution is -0.116. The number of amides is 1. The molecule has 0 aliphatic carbocycles. The third kappa shape index (κ3) is 5.11. The highest BCUT2D eigenvalue weighted by Gasteiger charge is 2.21. The highest BCUT2D eigenvalue weighted by atomic mass is 35.5. The summed E-state index contributed by atoms with van der Waals surface area (Å²) < 4.78 is 7.40. The Morgan fingerprint density at radius 1 is 1.18 bits per heavy atom. The number of anilines is 1. The molecule has 7 nitrogen and oxygen atoms in total. The van der Waals surface area contributed by atoms with Crippen LogP contribution >= 0.6 is 23.4 Å². The summed E-state index contributed by atoms with van der Waals surface area (Å²) in [5, 5.41) is 18.9. The predicted molar refractivity (Wildman–Crippen MR) is 129 cm³/mol. The highest BCUT2D eigenvalue weighted by Crippen LogP contribution is 2.29. The maximum absolute atomic E-state index is 13.2. The minimum Gasteiger partial charge on any atom is -0.461 e. The third-order valence-corrected chi connectivity index (χ3v) is 6.25. The summed E-state index contributed by atoms with van der Waals surface area (Å²) in [6.45, 7) is 2.17. The summed E-state index contributed by atoms with van der Waals surface area (Å²) in [5.74, 6) is 1.11. The number of nitriles is 1. The number of carbonyl (C=O) groups excluding carboxylic acids is 1. The first-order chi connectivity index (χ1) is 16.1. The number of nitrogens with zero attached hydrogens (tertiary/aromatic N) is 5. The summed E-state index contributed by atoms with van der Waals surface area (Å²) in [7, 11) is 0. The molecule has 0 fully saturated rings. The second-order valence-electron chi connectivity index (χ2n) is 7.13. The lowest BCUT2D eigenvalue weighted by atomic mass is 10.2. The molecule has 0 N–H and O–H groups in total. The number of hydrogen-bond acceptors (Lipinski definition) is 6. The van der Waals surface area contributed by atoms with Crippen molar-refractivity contribution < 1.29 is 9.21 Å². The molecule has 0 bridgehead atoms. The van der Waals surface area contributed by atoms with Crippen molar-refractivity contribution in [1.82, 2.24) is 14.8 Å². The van der Waals surface area contributed by atoms with Crippen molar-refractivity contribution in [3.05, 3.63) is 77.5 Å². The molecular formula is C24H20ClN5O2S. The molecule has 0 saturated heterocycles. The van der Waals surface area contributed by atoms with Gasteiger partial charge in [-0.2, -0.15) is 5.26 Å². The van der Waals surface area contributed by atoms with Gasteiger partial charge in [0.2, 0.25) is 11.7 Å². The number of aryl methyl sites for hydroxylation is 1. The van der Waals surface area contributed by atoms with Crippen LogP contribution in [-0.4, -0.2) is 33.0 Å². The van der Waals surface area contributed by atoms with Crippen LogP contribution in [0.3, 0.4) is 0 Å². The number of aromatic nitrogens is 3. The quantitative estimate of drug-likeness (QED) is 0.310. The van der Waals surface area contributed by atoms with Crippen LogP contribution in [0.15, 0.2) is 76.5 Å². The van der Waals surface area contributed by atoms with Gasteiger partial charge in [-0.05, 0) is 55.0 Å². The van der Waals surface area contributed by atoms with E-state index in [-0.39, 0.29) is 18.1 Å². The van der Waals surface area contributed by atoms with E-state index < -0.39 is 0 Å². The maximum Gasteiger partial charge on any atom is 0.237 e. The average molecular weight is 478 g/mol. The Morgan fingerprint density at radius 2 is 2.00 bits per heavy atom. The van der Waals surface area contributed by atoms with E-state index >= 15 is 0 Å². The summed E-state index contributed by atoms with van der Waals surface area (Å²) in [5.41, 5.74) is 2.43. The Hall–Kier alpha value is -3.54. The van der Waals surface area contributed by atoms with Crippen LogP contribution in [0.25, 0.3) is 17.3 Å². The number of halogens is 1. The van der Waals surface area contributed by atoms with Crippen LogP contribution < -0.4 is 4.90 Å². The molecule has 33 heavy (non-hydrogen) atoms. The topological polar surface area (TPSA) is 87.9 Å². The van der Waals surface area contributed by atoms with E-state index in [1.807, 2.05) is 54.0 Å². The van der Waals surface area contributed by atoms with Crippen molar-refractivity contribution in [3.63, 3.8) is 0 Å². The second-order valence-corrected chi connectivity index (χ2v) is 8.48. The Morgan fingerprint density at radius 3 is 2.70 bits per heavy atom. The fourth-order valence-electron chi connectivity index (χ4n) is 3.30. The van der Waals surface area contributed by atoms with Gasteiger partial charge in [0.15, 0.2) is 10.9 Å². The molecule has 166 valence electrons. The van der Waals surface area contributed by atoms with Gasteiger partial charge in [-0.25, -0.2) is 0 Å². The Kier molecular flexibility index (Phi) is 7.13. The molecule has 4 aromatic rings. The van der Waals surface area contributed by atoms with Crippen molar-refractivity contribution in [3.8, 4) is 23.3 Å². The van der Waals surface area contributed by atoms with Crippen molar-refractivity contribution in [1.29, 1.82) is 5.26 Å². The highest BCUT2D eigenvalue weighted by molar-refractivity contribution is 7.99. The summed E-state index contributed by atoms with van der Waals surface area (Å²) in [4.78, 5) is 14.8. The molecule has 0 spiro atoms. The second kappa shape index (κ2) is 10.4. The number of carbonyl (C=O) groups is 1. The Bertz CT molecular complexity index is 1280. The molecule has 0 radical (unpaired) electrons. The van der Waals surface area contributed by atoms with Gasteiger partial charge in [0.25, 0.3) is 0 Å². The fourth-order valence-corrected chi connectivity index (χ4v) is 4.24. The lowest BCUT2D eigenvalue weighted by Gasteiger charge is -2.22. The van der Waals surface area contributed by atoms with Crippen molar-refractivity contribution in [2.75, 3.05) is 17.2 Å². The van der Waals surface area contributed by atoms with Crippen LogP contribution in [0.1, 0.15) is 12.0 Å². The summed E-state index contributed by atoms with van der Waals surface area (Å²) >= 11 is 7.42. The smallest absolute Gasteiger partial charge is 0.237 e. The minimum absolute atomic E-state index is 0.121. The van der Waals surface area contributed by atoms with Gasteiger partial charge in [0, 0.05) is 22.9 Å². The molecule has 2 aromatic heterocycles. The van der Waals surface area contributed by atoms with E-state index in [2.05, 4.69) is 16.3 Å². The summed E-state index contributed by atoms with van der Waals surface area (Å²) in [6.07, 6.45) is 1.80. The van der Waals surface area contributed by atoms with Crippen LogP contribution in [0.4, 0.5) is 5.69 Å². The molecule has 9 heteroatoms. The minimum atomic E-state index is -0.140. The van der Waals surface area contributed by atoms with Gasteiger partial charge >= 0.3 is 0 Å². The van der Waals surface area contributed by atoms with Crippen LogP contribution in [-0.2, 0) is 4.79 Å². The Balaban J connectivity index is 1.60. The first kappa shape index (κ1) is 22.6. The fraction of sp³-hybridized carbons (Fsp3) is 0.167. The van der Waals surface area contributed by atoms with Crippen LogP contribution in [0.5, 0.6) is 0 Å². The van der Waals surface area contributed by atoms with Crippen LogP contribution in [0, 0.1) is 18.3 Å². The number of rotatable bonds is 8. The zero-order valence-electron chi connectivity index (χ0n) is 17.8. The molecule has 0 saturated carbocycles. The molecule has 2 heterocycles. The number of para-hydroxylation sites is 1. The first-order valence-electron chi connectivity index (χ1n) is 10.2. The largest absolute Gasteiger partial charge is 0.461 e. The number of hydrogen-bond donors (Lipinski definition) is 0. The first-order valence-corrected chi connectivity index (χ1v) is 11.6. The molecule has 2 aromatic carbocycles. The SMILES string of the molecule is Cc1cc(N(CCC#N)C(=O)CSc2nnc(-c3ccco3)n2-c2ccccc2)ccc1Cl. The van der Waals surface area contributed by atoms with Gasteiger partial charge in [-0.3, -0.25) is 9.36 Å². The summed E-state index contributed by atoms with van der Waals surface area (Å²) in [6, 6.07) is 20.8. The molecule has 0 atom stereocenters. The number of furan rings is 1. The van der Waals surface area contributed by atoms with Crippen molar-refractivity contribution >= 4 is 35.0 Å². The van der Waals surface area contributed by atoms with Gasteiger partial charge < -0.3 is 9.32 Å². The number of thioether (sulfide) groups is 1.